The maximum atomic E-state index is 2.39. The lowest BCUT2D eigenvalue weighted by molar-refractivity contribution is 0.549. The summed E-state index contributed by atoms with van der Waals surface area (Å²) in [5.41, 5.74) is 3.09. The van der Waals surface area contributed by atoms with E-state index < -0.39 is 0 Å². The molecule has 0 aromatic heterocycles. The van der Waals surface area contributed by atoms with E-state index >= 15 is 0 Å². The summed E-state index contributed by atoms with van der Waals surface area (Å²) in [6.07, 6.45) is 32.6. The van der Waals surface area contributed by atoms with E-state index in [0.717, 1.165) is 0 Å². The van der Waals surface area contributed by atoms with E-state index in [0.29, 0.717) is 0 Å². The van der Waals surface area contributed by atoms with Crippen LogP contribution in [-0.2, 0) is 12.8 Å². The van der Waals surface area contributed by atoms with Gasteiger partial charge in [0.1, 0.15) is 0 Å². The van der Waals surface area contributed by atoms with Crippen LogP contribution in [0.5, 0.6) is 0 Å². The maximum Gasteiger partial charge on any atom is -0.0279 e. The Bertz CT molecular complexity index is 457. The van der Waals surface area contributed by atoms with Crippen LogP contribution in [0.1, 0.15) is 160 Å². The van der Waals surface area contributed by atoms with Crippen molar-refractivity contribution >= 4 is 0 Å². The summed E-state index contributed by atoms with van der Waals surface area (Å²) >= 11 is 0. The molecule has 180 valence electrons. The van der Waals surface area contributed by atoms with Gasteiger partial charge in [0.2, 0.25) is 0 Å². The fourth-order valence-corrected chi connectivity index (χ4v) is 4.68. The fourth-order valence-electron chi connectivity index (χ4n) is 4.68. The molecule has 0 aliphatic rings. The molecule has 0 saturated heterocycles. The summed E-state index contributed by atoms with van der Waals surface area (Å²) < 4.78 is 0. The van der Waals surface area contributed by atoms with Crippen molar-refractivity contribution in [3.63, 3.8) is 0 Å². The molecule has 1 rings (SSSR count). The smallest absolute Gasteiger partial charge is 0.0279 e. The molecule has 0 heteroatoms. The third-order valence-electron chi connectivity index (χ3n) is 6.91. The molecule has 1 aromatic rings. The minimum absolute atomic E-state index is 1.27. The van der Waals surface area contributed by atoms with Crippen LogP contribution in [-0.4, -0.2) is 0 Å². The minimum Gasteiger partial charge on any atom is -0.0654 e. The first-order chi connectivity index (χ1) is 15.4. The van der Waals surface area contributed by atoms with Gasteiger partial charge in [0, 0.05) is 0 Å². The van der Waals surface area contributed by atoms with Crippen molar-refractivity contribution in [1.82, 2.24) is 0 Å². The molecular weight excluding hydrogens is 372 g/mol. The SMILES string of the molecule is CCCCCCCCCCCCCc1ccc(CCCCCCCCCCCC)cc1. The third kappa shape index (κ3) is 18.5. The Morgan fingerprint density at radius 3 is 0.806 bits per heavy atom. The summed E-state index contributed by atoms with van der Waals surface area (Å²) in [4.78, 5) is 0. The lowest BCUT2D eigenvalue weighted by Gasteiger charge is -2.06. The first-order valence-electron chi connectivity index (χ1n) is 14.4. The highest BCUT2D eigenvalue weighted by Crippen LogP contribution is 2.15. The Morgan fingerprint density at radius 2 is 0.548 bits per heavy atom. The van der Waals surface area contributed by atoms with Crippen LogP contribution in [0.25, 0.3) is 0 Å². The van der Waals surface area contributed by atoms with Crippen LogP contribution >= 0.6 is 0 Å². The normalized spacial score (nSPS) is 11.3. The average molecular weight is 429 g/mol. The predicted octanol–water partition coefficient (Wildman–Crippen LogP) is 11.0. The van der Waals surface area contributed by atoms with Crippen molar-refractivity contribution < 1.29 is 0 Å². The third-order valence-corrected chi connectivity index (χ3v) is 6.91. The van der Waals surface area contributed by atoms with Gasteiger partial charge in [-0.25, -0.2) is 0 Å². The Morgan fingerprint density at radius 1 is 0.323 bits per heavy atom. The van der Waals surface area contributed by atoms with Gasteiger partial charge in [-0.2, -0.15) is 0 Å². The number of rotatable bonds is 23. The molecule has 0 atom stereocenters. The molecule has 0 bridgehead atoms. The molecule has 0 aliphatic heterocycles. The zero-order valence-corrected chi connectivity index (χ0v) is 21.6. The summed E-state index contributed by atoms with van der Waals surface area (Å²) in [5, 5.41) is 0. The Hall–Kier alpha value is -0.780. The molecule has 0 radical (unpaired) electrons. The number of hydrogen-bond donors (Lipinski definition) is 0. The monoisotopic (exact) mass is 428 g/mol. The lowest BCUT2D eigenvalue weighted by Crippen LogP contribution is -1.90. The van der Waals surface area contributed by atoms with Crippen LogP contribution in [0.3, 0.4) is 0 Å². The van der Waals surface area contributed by atoms with Gasteiger partial charge in [0.05, 0.1) is 0 Å². The second-order valence-corrected chi connectivity index (χ2v) is 10.0. The minimum atomic E-state index is 1.27. The van der Waals surface area contributed by atoms with E-state index in [-0.39, 0.29) is 0 Å². The number of unbranched alkanes of at least 4 members (excludes halogenated alkanes) is 19. The fraction of sp³-hybridized carbons (Fsp3) is 0.806. The van der Waals surface area contributed by atoms with Crippen molar-refractivity contribution in [1.29, 1.82) is 0 Å². The van der Waals surface area contributed by atoms with Crippen LogP contribution < -0.4 is 0 Å². The Kier molecular flexibility index (Phi) is 20.4. The van der Waals surface area contributed by atoms with Crippen molar-refractivity contribution in [3.05, 3.63) is 35.4 Å². The first-order valence-corrected chi connectivity index (χ1v) is 14.4. The predicted molar refractivity (Wildman–Crippen MR) is 142 cm³/mol. The summed E-state index contributed by atoms with van der Waals surface area (Å²) in [5.74, 6) is 0. The van der Waals surface area contributed by atoms with Gasteiger partial charge in [0.15, 0.2) is 0 Å². The highest BCUT2D eigenvalue weighted by molar-refractivity contribution is 5.22. The van der Waals surface area contributed by atoms with Crippen LogP contribution in [0, 0.1) is 0 Å². The first kappa shape index (κ1) is 28.3. The highest BCUT2D eigenvalue weighted by Gasteiger charge is 1.98. The summed E-state index contributed by atoms with van der Waals surface area (Å²) in [6.45, 7) is 4.60. The Balaban J connectivity index is 1.90. The molecule has 1 aromatic carbocycles. The van der Waals surface area contributed by atoms with Crippen molar-refractivity contribution in [2.75, 3.05) is 0 Å². The largest absolute Gasteiger partial charge is 0.0654 e. The summed E-state index contributed by atoms with van der Waals surface area (Å²) in [6, 6.07) is 9.56. The zero-order valence-electron chi connectivity index (χ0n) is 21.6. The average Bonchev–Trinajstić information content (AvgIpc) is 2.79. The van der Waals surface area contributed by atoms with Gasteiger partial charge in [0.25, 0.3) is 0 Å². The van der Waals surface area contributed by atoms with Crippen molar-refractivity contribution in [2.24, 2.45) is 0 Å². The molecule has 0 heterocycles. The molecule has 0 spiro atoms. The standard InChI is InChI=1S/C31H56/c1-3-5-7-9-11-13-15-17-19-21-23-25-31-28-26-30(27-29-31)24-22-20-18-16-14-12-10-8-6-4-2/h26-29H,3-25H2,1-2H3. The van der Waals surface area contributed by atoms with Gasteiger partial charge in [-0.15, -0.1) is 0 Å². The van der Waals surface area contributed by atoms with E-state index in [1.807, 2.05) is 0 Å². The van der Waals surface area contributed by atoms with Gasteiger partial charge >= 0.3 is 0 Å². The quantitative estimate of drug-likeness (QED) is 0.152. The molecule has 0 unspecified atom stereocenters. The van der Waals surface area contributed by atoms with Crippen LogP contribution in [0.4, 0.5) is 0 Å². The van der Waals surface area contributed by atoms with E-state index in [4.69, 9.17) is 0 Å². The molecular formula is C31H56. The molecule has 0 amide bonds. The molecule has 0 N–H and O–H groups in total. The summed E-state index contributed by atoms with van der Waals surface area (Å²) in [7, 11) is 0. The number of benzene rings is 1. The van der Waals surface area contributed by atoms with Gasteiger partial charge in [-0.3, -0.25) is 0 Å². The van der Waals surface area contributed by atoms with Crippen LogP contribution in [0.15, 0.2) is 24.3 Å². The van der Waals surface area contributed by atoms with Gasteiger partial charge in [-0.05, 0) is 36.8 Å². The molecule has 0 saturated carbocycles. The zero-order chi connectivity index (χ0) is 22.2. The molecule has 31 heavy (non-hydrogen) atoms. The molecule has 0 nitrogen and oxygen atoms in total. The van der Waals surface area contributed by atoms with Gasteiger partial charge < -0.3 is 0 Å². The van der Waals surface area contributed by atoms with Crippen molar-refractivity contribution in [2.45, 2.75) is 162 Å². The lowest BCUT2D eigenvalue weighted by atomic mass is 10.0. The topological polar surface area (TPSA) is 0 Å². The van der Waals surface area contributed by atoms with E-state index in [2.05, 4.69) is 38.1 Å². The molecule has 0 fully saturated rings. The van der Waals surface area contributed by atoms with E-state index in [1.165, 1.54) is 148 Å². The maximum absolute atomic E-state index is 2.39. The second-order valence-electron chi connectivity index (χ2n) is 10.0. The highest BCUT2D eigenvalue weighted by atomic mass is 14.0. The Labute approximate surface area is 197 Å². The second kappa shape index (κ2) is 22.4. The van der Waals surface area contributed by atoms with E-state index in [9.17, 15) is 0 Å². The van der Waals surface area contributed by atoms with Crippen LogP contribution in [0.2, 0.25) is 0 Å². The van der Waals surface area contributed by atoms with Gasteiger partial charge in [-0.1, -0.05) is 160 Å². The van der Waals surface area contributed by atoms with Crippen molar-refractivity contribution in [3.8, 4) is 0 Å². The van der Waals surface area contributed by atoms with E-state index in [1.54, 1.807) is 11.1 Å². The number of aryl methyl sites for hydroxylation is 2. The molecule has 0 aliphatic carbocycles. The number of hydrogen-bond acceptors (Lipinski definition) is 0.